The predicted molar refractivity (Wildman–Crippen MR) is 122 cm³/mol. The van der Waals surface area contributed by atoms with Crippen LogP contribution in [0.3, 0.4) is 0 Å². The summed E-state index contributed by atoms with van der Waals surface area (Å²) in [5.41, 5.74) is 5.07. The molecular weight excluding hydrogens is 408 g/mol. The first kappa shape index (κ1) is 23.3. The van der Waals surface area contributed by atoms with Crippen LogP contribution in [0.4, 0.5) is 0 Å². The molecule has 0 spiro atoms. The first-order valence-corrected chi connectivity index (χ1v) is 10.4. The van der Waals surface area contributed by atoms with Crippen molar-refractivity contribution in [2.75, 3.05) is 0 Å². The van der Waals surface area contributed by atoms with E-state index in [9.17, 15) is 19.5 Å². The number of hydrogen-bond acceptors (Lipinski definition) is 7. The number of hydrogen-bond donors (Lipinski definition) is 5. The quantitative estimate of drug-likeness (QED) is 0.175. The van der Waals surface area contributed by atoms with Crippen molar-refractivity contribution < 1.29 is 19.5 Å². The van der Waals surface area contributed by atoms with Crippen LogP contribution in [0, 0.1) is 0 Å². The van der Waals surface area contributed by atoms with Crippen molar-refractivity contribution in [3.05, 3.63) is 65.9 Å². The van der Waals surface area contributed by atoms with Crippen molar-refractivity contribution in [2.24, 2.45) is 5.84 Å². The lowest BCUT2D eigenvalue weighted by Gasteiger charge is -2.22. The lowest BCUT2D eigenvalue weighted by atomic mass is 9.96. The highest BCUT2D eigenvalue weighted by Crippen LogP contribution is 2.19. The molecule has 1 heterocycles. The Morgan fingerprint density at radius 3 is 2.34 bits per heavy atom. The standard InChI is InChI=1S/C24H28N4O4/c1-14(23(31)24(32)22(28-25)11-16-7-9-18(30)10-8-16)27-21(15(2)29)12-17-13-26-20-6-4-3-5-19(17)20/h3-10,13-14,21-22,26-28,30H,11-12,25H2,1-2H3/t14?,21-,22-/m0/s1. The number of ketones is 3. The molecule has 32 heavy (non-hydrogen) atoms. The van der Waals surface area contributed by atoms with Crippen molar-refractivity contribution in [1.29, 1.82) is 0 Å². The molecule has 0 aliphatic heterocycles. The fraction of sp³-hybridized carbons (Fsp3) is 0.292. The van der Waals surface area contributed by atoms with Crippen LogP contribution in [0.15, 0.2) is 54.7 Å². The second kappa shape index (κ2) is 10.3. The molecule has 0 bridgehead atoms. The summed E-state index contributed by atoms with van der Waals surface area (Å²) in [7, 11) is 0. The normalized spacial score (nSPS) is 14.1. The number of carbonyl (C=O) groups is 3. The number of aromatic nitrogens is 1. The van der Waals surface area contributed by atoms with E-state index in [1.807, 2.05) is 30.5 Å². The number of carbonyl (C=O) groups excluding carboxylic acids is 3. The van der Waals surface area contributed by atoms with Gasteiger partial charge in [-0.05, 0) is 56.0 Å². The highest BCUT2D eigenvalue weighted by molar-refractivity contribution is 6.41. The largest absolute Gasteiger partial charge is 0.508 e. The van der Waals surface area contributed by atoms with Gasteiger partial charge in [0.2, 0.25) is 11.6 Å². The topological polar surface area (TPSA) is 137 Å². The van der Waals surface area contributed by atoms with E-state index < -0.39 is 29.7 Å². The molecule has 6 N–H and O–H groups in total. The molecule has 0 fully saturated rings. The summed E-state index contributed by atoms with van der Waals surface area (Å²) in [6.07, 6.45) is 2.43. The average molecular weight is 437 g/mol. The average Bonchev–Trinajstić information content (AvgIpc) is 3.20. The maximum atomic E-state index is 12.8. The number of nitrogens with one attached hydrogen (secondary N) is 3. The van der Waals surface area contributed by atoms with E-state index in [0.29, 0.717) is 6.42 Å². The van der Waals surface area contributed by atoms with Crippen LogP contribution in [0.25, 0.3) is 10.9 Å². The summed E-state index contributed by atoms with van der Waals surface area (Å²) in [4.78, 5) is 41.0. The molecule has 3 atom stereocenters. The number of para-hydroxylation sites is 1. The Morgan fingerprint density at radius 2 is 1.69 bits per heavy atom. The van der Waals surface area contributed by atoms with E-state index in [2.05, 4.69) is 15.7 Å². The number of hydrazine groups is 1. The Balaban J connectivity index is 1.67. The molecule has 8 nitrogen and oxygen atoms in total. The Morgan fingerprint density at radius 1 is 1.00 bits per heavy atom. The molecule has 8 heteroatoms. The van der Waals surface area contributed by atoms with Crippen LogP contribution in [-0.4, -0.2) is 45.6 Å². The molecule has 0 saturated carbocycles. The molecule has 0 saturated heterocycles. The minimum Gasteiger partial charge on any atom is -0.508 e. The number of benzene rings is 2. The Bertz CT molecular complexity index is 1110. The molecule has 0 aliphatic carbocycles. The number of phenolic OH excluding ortho intramolecular Hbond substituents is 1. The summed E-state index contributed by atoms with van der Waals surface area (Å²) >= 11 is 0. The molecular formula is C24H28N4O4. The third kappa shape index (κ3) is 5.47. The monoisotopic (exact) mass is 436 g/mol. The fourth-order valence-corrected chi connectivity index (χ4v) is 3.70. The van der Waals surface area contributed by atoms with Gasteiger partial charge < -0.3 is 10.1 Å². The number of H-pyrrole nitrogens is 1. The van der Waals surface area contributed by atoms with Crippen LogP contribution in [-0.2, 0) is 27.2 Å². The fourth-order valence-electron chi connectivity index (χ4n) is 3.70. The molecule has 1 aromatic heterocycles. The van der Waals surface area contributed by atoms with Gasteiger partial charge >= 0.3 is 0 Å². The smallest absolute Gasteiger partial charge is 0.218 e. The summed E-state index contributed by atoms with van der Waals surface area (Å²) in [5.74, 6) is 4.19. The van der Waals surface area contributed by atoms with Gasteiger partial charge in [-0.1, -0.05) is 30.3 Å². The minimum absolute atomic E-state index is 0.108. The minimum atomic E-state index is -0.916. The van der Waals surface area contributed by atoms with Crippen LogP contribution >= 0.6 is 0 Å². The number of rotatable bonds is 11. The lowest BCUT2D eigenvalue weighted by Crippen LogP contribution is -2.53. The van der Waals surface area contributed by atoms with E-state index in [1.165, 1.54) is 19.1 Å². The first-order chi connectivity index (χ1) is 15.3. The molecule has 168 valence electrons. The lowest BCUT2D eigenvalue weighted by molar-refractivity contribution is -0.139. The van der Waals surface area contributed by atoms with E-state index in [-0.39, 0.29) is 18.0 Å². The van der Waals surface area contributed by atoms with Gasteiger partial charge in [-0.15, -0.1) is 0 Å². The zero-order valence-electron chi connectivity index (χ0n) is 18.1. The molecule has 2 aromatic carbocycles. The maximum Gasteiger partial charge on any atom is 0.218 e. The Hall–Kier alpha value is -3.33. The molecule has 0 aliphatic rings. The van der Waals surface area contributed by atoms with E-state index >= 15 is 0 Å². The second-order valence-electron chi connectivity index (χ2n) is 7.93. The number of aromatic amines is 1. The van der Waals surface area contributed by atoms with Gasteiger partial charge in [-0.3, -0.25) is 25.5 Å². The predicted octanol–water partition coefficient (Wildman–Crippen LogP) is 1.56. The molecule has 3 aromatic rings. The van der Waals surface area contributed by atoms with Crippen molar-refractivity contribution >= 4 is 28.3 Å². The highest BCUT2D eigenvalue weighted by Gasteiger charge is 2.30. The third-order valence-electron chi connectivity index (χ3n) is 5.57. The van der Waals surface area contributed by atoms with Gasteiger partial charge in [0.1, 0.15) is 11.5 Å². The van der Waals surface area contributed by atoms with Crippen molar-refractivity contribution in [3.63, 3.8) is 0 Å². The number of aromatic hydroxyl groups is 1. The van der Waals surface area contributed by atoms with Gasteiger partial charge in [-0.25, -0.2) is 5.43 Å². The van der Waals surface area contributed by atoms with Gasteiger partial charge in [0.25, 0.3) is 0 Å². The van der Waals surface area contributed by atoms with Gasteiger partial charge in [0.05, 0.1) is 18.1 Å². The van der Waals surface area contributed by atoms with Crippen molar-refractivity contribution in [1.82, 2.24) is 15.7 Å². The third-order valence-corrected chi connectivity index (χ3v) is 5.57. The summed E-state index contributed by atoms with van der Waals surface area (Å²) in [5, 5.41) is 13.4. The molecule has 3 rings (SSSR count). The summed E-state index contributed by atoms with van der Waals surface area (Å²) in [6.45, 7) is 3.03. The van der Waals surface area contributed by atoms with Gasteiger partial charge in [0.15, 0.2) is 0 Å². The molecule has 0 radical (unpaired) electrons. The zero-order chi connectivity index (χ0) is 23.3. The van der Waals surface area contributed by atoms with Crippen LogP contribution in [0.2, 0.25) is 0 Å². The second-order valence-corrected chi connectivity index (χ2v) is 7.93. The van der Waals surface area contributed by atoms with Crippen LogP contribution in [0.1, 0.15) is 25.0 Å². The first-order valence-electron chi connectivity index (χ1n) is 10.4. The van der Waals surface area contributed by atoms with Crippen molar-refractivity contribution in [3.8, 4) is 5.75 Å². The Kier molecular flexibility index (Phi) is 7.53. The SMILES string of the molecule is CC(=O)[C@H](Cc1c[nH]c2ccccc12)NC(C)C(=O)C(=O)[C@H](Cc1ccc(O)cc1)NN. The highest BCUT2D eigenvalue weighted by atomic mass is 16.3. The zero-order valence-corrected chi connectivity index (χ0v) is 18.1. The summed E-state index contributed by atoms with van der Waals surface area (Å²) in [6, 6.07) is 11.7. The number of phenols is 1. The summed E-state index contributed by atoms with van der Waals surface area (Å²) < 4.78 is 0. The van der Waals surface area contributed by atoms with Gasteiger partial charge in [0, 0.05) is 17.1 Å². The Labute approximate surface area is 186 Å². The van der Waals surface area contributed by atoms with E-state index in [4.69, 9.17) is 5.84 Å². The van der Waals surface area contributed by atoms with E-state index in [1.54, 1.807) is 19.1 Å². The maximum absolute atomic E-state index is 12.8. The molecule has 1 unspecified atom stereocenters. The van der Waals surface area contributed by atoms with E-state index in [0.717, 1.165) is 22.0 Å². The number of nitrogens with two attached hydrogens (primary N) is 1. The molecule has 0 amide bonds. The number of fused-ring (bicyclic) bond motifs is 1. The van der Waals surface area contributed by atoms with Gasteiger partial charge in [-0.2, -0.15) is 0 Å². The van der Waals surface area contributed by atoms with Crippen molar-refractivity contribution in [2.45, 2.75) is 44.8 Å². The van der Waals surface area contributed by atoms with Crippen LogP contribution in [0.5, 0.6) is 5.75 Å². The number of Topliss-reactive ketones (excluding diaryl/α,β-unsaturated/α-hetero) is 3. The van der Waals surface area contributed by atoms with Crippen LogP contribution < -0.4 is 16.6 Å².